The maximum atomic E-state index is 6.10. The van der Waals surface area contributed by atoms with Crippen molar-refractivity contribution >= 4 is 0 Å². The Morgan fingerprint density at radius 2 is 0.582 bits per heavy atom. The average molecular weight is 919 g/mol. The van der Waals surface area contributed by atoms with Crippen LogP contribution in [0.5, 0.6) is 0 Å². The summed E-state index contributed by atoms with van der Waals surface area (Å²) in [7, 11) is 0. The monoisotopic (exact) mass is 918 g/mol. The Bertz CT molecular complexity index is 2210. The van der Waals surface area contributed by atoms with Gasteiger partial charge >= 0.3 is 0 Å². The van der Waals surface area contributed by atoms with Crippen molar-refractivity contribution in [2.24, 2.45) is 47.3 Å². The van der Waals surface area contributed by atoms with Gasteiger partial charge in [0.2, 0.25) is 34.7 Å². The van der Waals surface area contributed by atoms with Gasteiger partial charge in [0, 0.05) is 75.0 Å². The fraction of sp³-hybridized carbons (Fsp3) is 0.673. The highest BCUT2D eigenvalue weighted by molar-refractivity contribution is 5.34. The van der Waals surface area contributed by atoms with Crippen LogP contribution in [0.15, 0.2) is 72.8 Å². The van der Waals surface area contributed by atoms with Crippen LogP contribution in [0.2, 0.25) is 0 Å². The van der Waals surface area contributed by atoms with Gasteiger partial charge in [-0.3, -0.25) is 0 Å². The Kier molecular flexibility index (Phi) is 10.5. The van der Waals surface area contributed by atoms with Gasteiger partial charge in [-0.05, 0) is 147 Å². The number of aryl methyl sites for hydroxylation is 2. The summed E-state index contributed by atoms with van der Waals surface area (Å²) in [5, 5.41) is 0. The molecule has 0 aromatic heterocycles. The molecule has 67 heavy (non-hydrogen) atoms. The minimum absolute atomic E-state index is 0.430. The van der Waals surface area contributed by atoms with Gasteiger partial charge in [0.15, 0.2) is 0 Å². The predicted octanol–water partition coefficient (Wildman–Crippen LogP) is 10.9. The lowest BCUT2D eigenvalue weighted by Gasteiger charge is -2.60. The van der Waals surface area contributed by atoms with E-state index < -0.39 is 34.7 Å². The van der Waals surface area contributed by atoms with Crippen molar-refractivity contribution in [1.82, 2.24) is 0 Å². The first-order chi connectivity index (χ1) is 32.8. The summed E-state index contributed by atoms with van der Waals surface area (Å²) in [6, 6.07) is 25.3. The molecular weight excluding hydrogens is 853 g/mol. The number of rotatable bonds is 0. The van der Waals surface area contributed by atoms with Crippen LogP contribution in [0.3, 0.4) is 0 Å². The van der Waals surface area contributed by atoms with Crippen LogP contribution in [0.25, 0.3) is 0 Å². The van der Waals surface area contributed by atoms with Crippen LogP contribution >= 0.6 is 0 Å². The molecule has 3 aliphatic heterocycles. The predicted molar refractivity (Wildman–Crippen MR) is 237 cm³/mol. The lowest BCUT2D eigenvalue weighted by atomic mass is 9.53. The molecule has 12 fully saturated rings. The van der Waals surface area contributed by atoms with E-state index in [1.54, 1.807) is 0 Å². The molecule has 8 bridgehead atoms. The molecule has 6 spiro atoms. The van der Waals surface area contributed by atoms with Crippen molar-refractivity contribution in [3.8, 4) is 0 Å². The Labute approximate surface area is 393 Å². The lowest BCUT2D eigenvalue weighted by Crippen LogP contribution is -2.65. The van der Waals surface area contributed by atoms with Crippen LogP contribution < -0.4 is 0 Å². The van der Waals surface area contributed by atoms with Crippen molar-refractivity contribution < 1.29 is 58.7 Å². The van der Waals surface area contributed by atoms with Crippen molar-refractivity contribution in [1.29, 1.82) is 0 Å². The van der Waals surface area contributed by atoms with Crippen LogP contribution in [-0.4, -0.2) is 34.7 Å². The minimum atomic E-state index is -0.788. The fourth-order valence-electron chi connectivity index (χ4n) is 15.7. The molecule has 0 atom stereocenters. The van der Waals surface area contributed by atoms with Crippen LogP contribution in [-0.2, 0) is 97.2 Å². The zero-order valence-corrected chi connectivity index (χ0v) is 38.7. The summed E-state index contributed by atoms with van der Waals surface area (Å²) < 4.78 is 0. The van der Waals surface area contributed by atoms with Crippen LogP contribution in [0, 0.1) is 47.3 Å². The van der Waals surface area contributed by atoms with E-state index in [0.717, 1.165) is 75.0 Å². The minimum Gasteiger partial charge on any atom is -0.195 e. The van der Waals surface area contributed by atoms with Gasteiger partial charge in [-0.15, -0.1) is 0 Å². The molecule has 15 aliphatic rings. The first-order valence-electron chi connectivity index (χ1n) is 26.2. The number of benzene rings is 3. The molecule has 0 amide bonds. The summed E-state index contributed by atoms with van der Waals surface area (Å²) in [6.45, 7) is 0. The number of hydrogen-bond acceptors (Lipinski definition) is 12. The third-order valence-corrected chi connectivity index (χ3v) is 18.9. The van der Waals surface area contributed by atoms with Gasteiger partial charge in [-0.1, -0.05) is 79.2 Å². The maximum Gasteiger partial charge on any atom is 0.242 e. The highest BCUT2D eigenvalue weighted by Crippen LogP contribution is 2.63. The number of fused-ring (bicyclic) bond motifs is 3. The number of hydrogen-bond donors (Lipinski definition) is 0. The van der Waals surface area contributed by atoms with Crippen molar-refractivity contribution in [2.75, 3.05) is 0 Å². The first-order valence-corrected chi connectivity index (χ1v) is 26.2. The highest BCUT2D eigenvalue weighted by atomic mass is 17.4. The molecule has 12 aliphatic carbocycles. The molecule has 3 aromatic rings. The molecule has 0 unspecified atom stereocenters. The van der Waals surface area contributed by atoms with Crippen LogP contribution in [0.1, 0.15) is 143 Å². The van der Waals surface area contributed by atoms with E-state index in [1.165, 1.54) is 104 Å². The van der Waals surface area contributed by atoms with Gasteiger partial charge < -0.3 is 0 Å². The van der Waals surface area contributed by atoms with E-state index in [-0.39, 0.29) is 0 Å². The molecular formula is C55H66O12. The second-order valence-electron chi connectivity index (χ2n) is 23.3. The Hall–Kier alpha value is -2.82. The molecule has 358 valence electrons. The van der Waals surface area contributed by atoms with E-state index in [4.69, 9.17) is 58.7 Å². The summed E-state index contributed by atoms with van der Waals surface area (Å²) in [5.41, 5.74) is 7.80. The second kappa shape index (κ2) is 16.4. The molecule has 12 heteroatoms. The Morgan fingerprint density at radius 3 is 0.970 bits per heavy atom. The normalized spacial score (nSPS) is 37.1. The van der Waals surface area contributed by atoms with E-state index >= 15 is 0 Å². The topological polar surface area (TPSA) is 111 Å². The van der Waals surface area contributed by atoms with E-state index in [0.29, 0.717) is 49.4 Å². The third kappa shape index (κ3) is 7.45. The quantitative estimate of drug-likeness (QED) is 0.200. The SMILES string of the molecule is c1ccc2c(c1)CC1(C2)OOC2(OO1)C1CC3CC(C1)CC2C3.c1ccc2c(c1)CCC1(C2)OOC2(CCCCC2)OO1.c1ccc2c(c1)CCC1(C2)OOC2(OO1)C1CC3CC(C1)CC2C3. The van der Waals surface area contributed by atoms with Gasteiger partial charge in [0.05, 0.1) is 0 Å². The summed E-state index contributed by atoms with van der Waals surface area (Å²) in [6.07, 6.45) is 23.7. The fourth-order valence-corrected chi connectivity index (χ4v) is 15.7. The Balaban J connectivity index is 0.0000000960. The molecule has 3 aromatic carbocycles. The van der Waals surface area contributed by atoms with Gasteiger partial charge in [-0.2, -0.15) is 58.7 Å². The molecule has 3 heterocycles. The van der Waals surface area contributed by atoms with Gasteiger partial charge in [0.1, 0.15) is 0 Å². The smallest absolute Gasteiger partial charge is 0.195 e. The second-order valence-corrected chi connectivity index (χ2v) is 23.3. The lowest BCUT2D eigenvalue weighted by molar-refractivity contribution is -0.678. The first kappa shape index (κ1) is 43.0. The largest absolute Gasteiger partial charge is 0.242 e. The third-order valence-electron chi connectivity index (χ3n) is 18.9. The summed E-state index contributed by atoms with van der Waals surface area (Å²) >= 11 is 0. The van der Waals surface area contributed by atoms with Crippen molar-refractivity contribution in [2.45, 2.75) is 182 Å². The van der Waals surface area contributed by atoms with Crippen LogP contribution in [0.4, 0.5) is 0 Å². The van der Waals surface area contributed by atoms with E-state index in [1.807, 2.05) is 6.07 Å². The standard InChI is InChI=1S/C20H24O4.C19H22O4.C16H20O4/c1-2-4-16-12-19(6-5-15(16)3-1)21-23-20(24-22-19)17-8-13-7-14(10-17)11-18(20)9-13;1-2-4-15-11-18(10-14(15)3-1)20-22-19(23-21-18)16-6-12-5-13(8-16)9-17(19)7-12;1-4-9-15(10-5-1)17-19-16(20-18-15)11-8-13-6-2-3-7-14(13)12-16/h1-4,13-14,17-18H,5-12H2;1-4,12-13,16-17H,5-11H2;2-3,6-7H,1,4-5,8-12H2. The molecule has 12 nitrogen and oxygen atoms in total. The van der Waals surface area contributed by atoms with Crippen molar-refractivity contribution in [3.63, 3.8) is 0 Å². The van der Waals surface area contributed by atoms with Crippen molar-refractivity contribution in [3.05, 3.63) is 106 Å². The zero-order valence-electron chi connectivity index (χ0n) is 38.7. The maximum absolute atomic E-state index is 6.10. The summed E-state index contributed by atoms with van der Waals surface area (Å²) in [4.78, 5) is 71.0. The van der Waals surface area contributed by atoms with Gasteiger partial charge in [0.25, 0.3) is 0 Å². The molecule has 9 saturated carbocycles. The highest BCUT2D eigenvalue weighted by Gasteiger charge is 2.66. The average Bonchev–Trinajstić information content (AvgIpc) is 3.73. The summed E-state index contributed by atoms with van der Waals surface area (Å²) in [5.74, 6) is 0.900. The van der Waals surface area contributed by atoms with Gasteiger partial charge in [-0.25, -0.2) is 0 Å². The molecule has 0 radical (unpaired) electrons. The molecule has 0 N–H and O–H groups in total. The van der Waals surface area contributed by atoms with E-state index in [9.17, 15) is 0 Å². The molecule has 18 rings (SSSR count). The molecule has 3 saturated heterocycles. The zero-order chi connectivity index (χ0) is 44.3. The van der Waals surface area contributed by atoms with E-state index in [2.05, 4.69) is 66.7 Å². The Morgan fingerprint density at radius 1 is 0.284 bits per heavy atom.